The molecule has 1 aliphatic heterocycles. The van der Waals surface area contributed by atoms with E-state index in [0.29, 0.717) is 18.7 Å². The fraction of sp³-hybridized carbons (Fsp3) is 0.500. The van der Waals surface area contributed by atoms with E-state index in [1.807, 2.05) is 6.92 Å². The van der Waals surface area contributed by atoms with E-state index in [0.717, 1.165) is 43.2 Å². The summed E-state index contributed by atoms with van der Waals surface area (Å²) < 4.78 is 7.47. The molecule has 27 heavy (non-hydrogen) atoms. The van der Waals surface area contributed by atoms with Crippen molar-refractivity contribution in [3.63, 3.8) is 0 Å². The number of benzene rings is 1. The average Bonchev–Trinajstić information content (AvgIpc) is 2.91. The average molecular weight is 370 g/mol. The zero-order valence-electron chi connectivity index (χ0n) is 15.7. The quantitative estimate of drug-likeness (QED) is 0.722. The van der Waals surface area contributed by atoms with E-state index < -0.39 is 0 Å². The summed E-state index contributed by atoms with van der Waals surface area (Å²) in [7, 11) is 0. The second-order valence-electron chi connectivity index (χ2n) is 6.65. The highest BCUT2D eigenvalue weighted by Crippen LogP contribution is 2.15. The van der Waals surface area contributed by atoms with Crippen molar-refractivity contribution < 1.29 is 14.3 Å². The van der Waals surface area contributed by atoms with Gasteiger partial charge in [0.1, 0.15) is 11.6 Å². The molecule has 0 radical (unpaired) electrons. The number of carbonyl (C=O) groups excluding carboxylic acids is 2. The second-order valence-corrected chi connectivity index (χ2v) is 6.65. The number of hydrogen-bond acceptors (Lipinski definition) is 5. The number of nitrogens with one attached hydrogen (secondary N) is 1. The number of carbonyl (C=O) groups is 2. The second kappa shape index (κ2) is 9.30. The van der Waals surface area contributed by atoms with Crippen LogP contribution in [0.3, 0.4) is 0 Å². The predicted octanol–water partition coefficient (Wildman–Crippen LogP) is 2.68. The Hall–Kier alpha value is -2.70. The molecule has 1 aromatic carbocycles. The van der Waals surface area contributed by atoms with Crippen LogP contribution >= 0.6 is 0 Å². The van der Waals surface area contributed by atoms with E-state index in [2.05, 4.69) is 20.1 Å². The SMILES string of the molecule is CCOc1ccc(C(=O)CCC(=O)NCc2nnc3n2CCCCC3)cc1. The molecular weight excluding hydrogens is 344 g/mol. The maximum Gasteiger partial charge on any atom is 0.220 e. The molecule has 1 amide bonds. The van der Waals surface area contributed by atoms with Crippen LogP contribution < -0.4 is 10.1 Å². The fourth-order valence-electron chi connectivity index (χ4n) is 3.22. The Kier molecular flexibility index (Phi) is 6.57. The van der Waals surface area contributed by atoms with Crippen LogP contribution in [-0.4, -0.2) is 33.1 Å². The Morgan fingerprint density at radius 3 is 2.70 bits per heavy atom. The van der Waals surface area contributed by atoms with Crippen molar-refractivity contribution in [3.05, 3.63) is 41.5 Å². The number of fused-ring (bicyclic) bond motifs is 1. The summed E-state index contributed by atoms with van der Waals surface area (Å²) in [4.78, 5) is 24.3. The number of nitrogens with zero attached hydrogens (tertiary/aromatic N) is 3. The van der Waals surface area contributed by atoms with Crippen LogP contribution in [0.15, 0.2) is 24.3 Å². The number of amides is 1. The molecule has 0 saturated heterocycles. The summed E-state index contributed by atoms with van der Waals surface area (Å²) in [5, 5.41) is 11.3. The van der Waals surface area contributed by atoms with Crippen molar-refractivity contribution in [1.29, 1.82) is 0 Å². The number of aromatic nitrogens is 3. The van der Waals surface area contributed by atoms with E-state index in [9.17, 15) is 9.59 Å². The van der Waals surface area contributed by atoms with Crippen LogP contribution in [-0.2, 0) is 24.3 Å². The Balaban J connectivity index is 1.46. The maximum absolute atomic E-state index is 12.2. The van der Waals surface area contributed by atoms with Gasteiger partial charge in [0.15, 0.2) is 11.6 Å². The van der Waals surface area contributed by atoms with E-state index in [1.54, 1.807) is 24.3 Å². The molecule has 144 valence electrons. The standard InChI is InChI=1S/C20H26N4O3/c1-2-27-16-9-7-15(8-10-16)17(25)11-12-20(26)21-14-19-23-22-18-6-4-3-5-13-24(18)19/h7-10H,2-6,11-14H2,1H3,(H,21,26). The van der Waals surface area contributed by atoms with Crippen molar-refractivity contribution in [2.24, 2.45) is 0 Å². The van der Waals surface area contributed by atoms with Gasteiger partial charge >= 0.3 is 0 Å². The summed E-state index contributed by atoms with van der Waals surface area (Å²) in [6.07, 6.45) is 4.73. The fourth-order valence-corrected chi connectivity index (χ4v) is 3.22. The minimum absolute atomic E-state index is 0.0513. The summed E-state index contributed by atoms with van der Waals surface area (Å²) in [6.45, 7) is 3.75. The van der Waals surface area contributed by atoms with E-state index in [4.69, 9.17) is 4.74 Å². The Morgan fingerprint density at radius 1 is 1.11 bits per heavy atom. The van der Waals surface area contributed by atoms with Crippen molar-refractivity contribution in [3.8, 4) is 5.75 Å². The van der Waals surface area contributed by atoms with Crippen LogP contribution in [0.1, 0.15) is 61.0 Å². The Morgan fingerprint density at radius 2 is 1.93 bits per heavy atom. The number of ether oxygens (including phenoxy) is 1. The number of Topliss-reactive ketones (excluding diaryl/α,β-unsaturated/α-hetero) is 1. The highest BCUT2D eigenvalue weighted by molar-refractivity contribution is 5.98. The molecule has 1 aromatic heterocycles. The van der Waals surface area contributed by atoms with Crippen LogP contribution in [0.2, 0.25) is 0 Å². The van der Waals surface area contributed by atoms with Crippen LogP contribution in [0.25, 0.3) is 0 Å². The molecule has 0 saturated carbocycles. The van der Waals surface area contributed by atoms with Crippen molar-refractivity contribution in [1.82, 2.24) is 20.1 Å². The molecule has 1 N–H and O–H groups in total. The third kappa shape index (κ3) is 5.15. The first-order chi connectivity index (χ1) is 13.2. The highest BCUT2D eigenvalue weighted by atomic mass is 16.5. The lowest BCUT2D eigenvalue weighted by Gasteiger charge is -2.08. The maximum atomic E-state index is 12.2. The lowest BCUT2D eigenvalue weighted by atomic mass is 10.1. The minimum atomic E-state index is -0.153. The third-order valence-electron chi connectivity index (χ3n) is 4.70. The molecule has 0 atom stereocenters. The smallest absolute Gasteiger partial charge is 0.220 e. The largest absolute Gasteiger partial charge is 0.494 e. The third-order valence-corrected chi connectivity index (χ3v) is 4.70. The zero-order valence-corrected chi connectivity index (χ0v) is 15.7. The zero-order chi connectivity index (χ0) is 19.1. The van der Waals surface area contributed by atoms with Gasteiger partial charge in [0.05, 0.1) is 13.2 Å². The van der Waals surface area contributed by atoms with Gasteiger partial charge in [-0.25, -0.2) is 0 Å². The van der Waals surface area contributed by atoms with Gasteiger partial charge in [-0.2, -0.15) is 0 Å². The van der Waals surface area contributed by atoms with E-state index in [1.165, 1.54) is 6.42 Å². The van der Waals surface area contributed by atoms with Crippen LogP contribution in [0.4, 0.5) is 0 Å². The van der Waals surface area contributed by atoms with Gasteiger partial charge in [0.2, 0.25) is 5.91 Å². The lowest BCUT2D eigenvalue weighted by molar-refractivity contribution is -0.121. The molecule has 0 bridgehead atoms. The molecule has 0 spiro atoms. The summed E-state index contributed by atoms with van der Waals surface area (Å²) in [5.41, 5.74) is 0.592. The number of aryl methyl sites for hydroxylation is 1. The number of rotatable bonds is 8. The van der Waals surface area contributed by atoms with Crippen molar-refractivity contribution in [2.45, 2.75) is 58.5 Å². The summed E-state index contributed by atoms with van der Waals surface area (Å²) in [6, 6.07) is 7.01. The monoisotopic (exact) mass is 370 g/mol. The Bertz CT molecular complexity index is 783. The van der Waals surface area contributed by atoms with Gasteiger partial charge in [-0.05, 0) is 44.0 Å². The number of hydrogen-bond donors (Lipinski definition) is 1. The summed E-state index contributed by atoms with van der Waals surface area (Å²) >= 11 is 0. The van der Waals surface area contributed by atoms with Gasteiger partial charge < -0.3 is 14.6 Å². The highest BCUT2D eigenvalue weighted by Gasteiger charge is 2.15. The molecular formula is C20H26N4O3. The van der Waals surface area contributed by atoms with Crippen LogP contribution in [0.5, 0.6) is 5.75 Å². The molecule has 7 heteroatoms. The van der Waals surface area contributed by atoms with Crippen molar-refractivity contribution in [2.75, 3.05) is 6.61 Å². The first kappa shape index (κ1) is 19.1. The van der Waals surface area contributed by atoms with Gasteiger partial charge in [-0.3, -0.25) is 9.59 Å². The predicted molar refractivity (Wildman–Crippen MR) is 101 cm³/mol. The van der Waals surface area contributed by atoms with E-state index in [-0.39, 0.29) is 24.5 Å². The van der Waals surface area contributed by atoms with Gasteiger partial charge in [0.25, 0.3) is 0 Å². The van der Waals surface area contributed by atoms with Gasteiger partial charge in [0, 0.05) is 31.4 Å². The Labute approximate surface area is 159 Å². The number of ketones is 1. The summed E-state index contributed by atoms with van der Waals surface area (Å²) in [5.74, 6) is 2.32. The first-order valence-electron chi connectivity index (χ1n) is 9.61. The normalized spacial score (nSPS) is 13.5. The molecule has 7 nitrogen and oxygen atoms in total. The lowest BCUT2D eigenvalue weighted by Crippen LogP contribution is -2.25. The topological polar surface area (TPSA) is 86.1 Å². The molecule has 0 fully saturated rings. The molecule has 0 unspecified atom stereocenters. The first-order valence-corrected chi connectivity index (χ1v) is 9.61. The molecule has 1 aliphatic rings. The van der Waals surface area contributed by atoms with Crippen molar-refractivity contribution >= 4 is 11.7 Å². The van der Waals surface area contributed by atoms with Gasteiger partial charge in [-0.1, -0.05) is 6.42 Å². The minimum Gasteiger partial charge on any atom is -0.494 e. The molecule has 3 rings (SSSR count). The molecule has 0 aliphatic carbocycles. The molecule has 2 heterocycles. The van der Waals surface area contributed by atoms with Crippen LogP contribution in [0, 0.1) is 0 Å². The molecule has 2 aromatic rings. The van der Waals surface area contributed by atoms with Gasteiger partial charge in [-0.15, -0.1) is 10.2 Å². The van der Waals surface area contributed by atoms with E-state index >= 15 is 0 Å².